The topological polar surface area (TPSA) is 110 Å². The molecule has 8 atom stereocenters. The zero-order chi connectivity index (χ0) is 31.9. The lowest BCUT2D eigenvalue weighted by Gasteiger charge is -2.62. The summed E-state index contributed by atoms with van der Waals surface area (Å²) in [5, 5.41) is 44.6. The smallest absolute Gasteiger partial charge is 0.166 e. The predicted molar refractivity (Wildman–Crippen MR) is 178 cm³/mol. The van der Waals surface area contributed by atoms with Crippen molar-refractivity contribution in [3.8, 4) is 23.0 Å². The van der Waals surface area contributed by atoms with Gasteiger partial charge in [0, 0.05) is 48.8 Å². The van der Waals surface area contributed by atoms with E-state index in [-0.39, 0.29) is 35.0 Å². The molecule has 2 saturated heterocycles. The molecule has 9 heteroatoms. The van der Waals surface area contributed by atoms with Crippen LogP contribution >= 0.6 is 0 Å². The summed E-state index contributed by atoms with van der Waals surface area (Å²) >= 11 is 0. The number of phenols is 2. The second-order valence-electron chi connectivity index (χ2n) is 14.9. The van der Waals surface area contributed by atoms with Gasteiger partial charge >= 0.3 is 0 Å². The van der Waals surface area contributed by atoms with Gasteiger partial charge in [-0.2, -0.15) is 10.2 Å². The van der Waals surface area contributed by atoms with E-state index in [1.54, 1.807) is 12.1 Å². The Morgan fingerprint density at radius 2 is 1.55 bits per heavy atom. The molecule has 10 rings (SSSR count). The third kappa shape index (κ3) is 3.21. The summed E-state index contributed by atoms with van der Waals surface area (Å²) in [7, 11) is 0. The predicted octanol–water partition coefficient (Wildman–Crippen LogP) is 3.94. The fourth-order valence-electron chi connectivity index (χ4n) is 11.5. The zero-order valence-electron chi connectivity index (χ0n) is 26.4. The summed E-state index contributed by atoms with van der Waals surface area (Å²) < 4.78 is 13.4. The molecule has 8 aliphatic rings. The van der Waals surface area contributed by atoms with E-state index in [0.29, 0.717) is 49.8 Å². The van der Waals surface area contributed by atoms with Crippen molar-refractivity contribution < 1.29 is 24.8 Å². The Balaban J connectivity index is 1.08. The van der Waals surface area contributed by atoms with Crippen molar-refractivity contribution in [3.63, 3.8) is 0 Å². The molecule has 0 unspecified atom stereocenters. The molecule has 9 nitrogen and oxygen atoms in total. The summed E-state index contributed by atoms with van der Waals surface area (Å²) in [5.74, 6) is 1.59. The Kier molecular flexibility index (Phi) is 5.60. The van der Waals surface area contributed by atoms with Gasteiger partial charge in [0.15, 0.2) is 35.2 Å². The highest BCUT2D eigenvalue weighted by Gasteiger charge is 2.72. The lowest BCUT2D eigenvalue weighted by molar-refractivity contribution is -0.163. The Labute approximate surface area is 274 Å². The maximum absolute atomic E-state index is 12.7. The Hall–Kier alpha value is -3.92. The van der Waals surface area contributed by atoms with E-state index in [4.69, 9.17) is 19.7 Å². The van der Waals surface area contributed by atoms with Crippen molar-refractivity contribution in [2.45, 2.75) is 79.2 Å². The minimum absolute atomic E-state index is 0.0769. The third-order valence-corrected chi connectivity index (χ3v) is 13.3. The maximum atomic E-state index is 12.7. The molecule has 2 aromatic rings. The van der Waals surface area contributed by atoms with E-state index in [1.807, 2.05) is 18.2 Å². The molecular formula is C38H40N4O5. The highest BCUT2D eigenvalue weighted by Crippen LogP contribution is 2.65. The molecule has 3 fully saturated rings. The van der Waals surface area contributed by atoms with Crippen LogP contribution in [0.4, 0.5) is 0 Å². The Bertz CT molecular complexity index is 1870. The number of rotatable bonds is 5. The van der Waals surface area contributed by atoms with Crippen LogP contribution < -0.4 is 9.47 Å². The Morgan fingerprint density at radius 1 is 0.851 bits per heavy atom. The summed E-state index contributed by atoms with van der Waals surface area (Å²) in [5.41, 5.74) is 3.93. The van der Waals surface area contributed by atoms with Crippen LogP contribution in [-0.4, -0.2) is 92.6 Å². The van der Waals surface area contributed by atoms with Crippen molar-refractivity contribution in [1.29, 1.82) is 0 Å². The quantitative estimate of drug-likeness (QED) is 0.339. The van der Waals surface area contributed by atoms with Crippen LogP contribution in [0.3, 0.4) is 0 Å². The van der Waals surface area contributed by atoms with E-state index < -0.39 is 17.1 Å². The van der Waals surface area contributed by atoms with Crippen LogP contribution in [0.1, 0.15) is 47.9 Å². The van der Waals surface area contributed by atoms with Gasteiger partial charge in [-0.05, 0) is 74.4 Å². The first kappa shape index (κ1) is 28.1. The molecular weight excluding hydrogens is 592 g/mol. The molecule has 0 aromatic heterocycles. The van der Waals surface area contributed by atoms with Gasteiger partial charge in [-0.25, -0.2) is 0 Å². The molecule has 242 valence electrons. The van der Waals surface area contributed by atoms with E-state index in [2.05, 4.69) is 41.2 Å². The molecule has 1 saturated carbocycles. The SMILES string of the molecule is C=CCN1CC[C@]23c4c5ccc(O)c4O[C@H]2C(=NN=C2CC[C@@]4(O)[C@H]6Cc7ccc(O)c8c7[C@@]4(CCN6CC=C)[C@H]2O8)C=C[C@H]3[C@H]1C5. The monoisotopic (exact) mass is 632 g/mol. The second kappa shape index (κ2) is 9.36. The summed E-state index contributed by atoms with van der Waals surface area (Å²) in [6, 6.07) is 7.78. The standard InChI is InChI=1S/C38H40N4O5/c1-3-15-41-17-13-36-23-7-8-24(34(36)46-32-27(43)9-5-21(30(32)36)19-26(23)41)39-40-25-11-12-38(45)29-20-22-6-10-28(44)33-31(22)37(38,35(25)47-33)14-18-42(29)16-4-2/h3-10,23,26,29,34-35,43-45H,1-2,11-20H2/t23-,26+,29+,34-,35-,36-,37-,38+/m0/s1. The average Bonchev–Trinajstić information content (AvgIpc) is 3.60. The van der Waals surface area contributed by atoms with E-state index >= 15 is 0 Å². The maximum Gasteiger partial charge on any atom is 0.166 e. The lowest BCUT2D eigenvalue weighted by Crippen LogP contribution is -2.76. The van der Waals surface area contributed by atoms with Crippen LogP contribution in [0.5, 0.6) is 23.0 Å². The van der Waals surface area contributed by atoms with Crippen molar-refractivity contribution >= 4 is 11.4 Å². The van der Waals surface area contributed by atoms with Crippen molar-refractivity contribution in [2.75, 3.05) is 26.2 Å². The van der Waals surface area contributed by atoms with Gasteiger partial charge in [-0.3, -0.25) is 9.80 Å². The van der Waals surface area contributed by atoms with Crippen LogP contribution in [-0.2, 0) is 23.7 Å². The van der Waals surface area contributed by atoms with Crippen molar-refractivity contribution in [2.24, 2.45) is 16.1 Å². The van der Waals surface area contributed by atoms with Gasteiger partial charge in [0.2, 0.25) is 0 Å². The van der Waals surface area contributed by atoms with Crippen LogP contribution in [0.25, 0.3) is 0 Å². The largest absolute Gasteiger partial charge is 0.504 e. The van der Waals surface area contributed by atoms with Crippen LogP contribution in [0.2, 0.25) is 0 Å². The first-order chi connectivity index (χ1) is 22.9. The molecule has 2 aromatic carbocycles. The number of piperidine rings is 2. The normalized spacial score (nSPS) is 40.1. The molecule has 2 spiro atoms. The Morgan fingerprint density at radius 3 is 2.34 bits per heavy atom. The van der Waals surface area contributed by atoms with Gasteiger partial charge in [-0.1, -0.05) is 30.4 Å². The fourth-order valence-corrected chi connectivity index (χ4v) is 11.5. The molecule has 4 aliphatic carbocycles. The number of benzene rings is 2. The average molecular weight is 633 g/mol. The van der Waals surface area contributed by atoms with Crippen molar-refractivity contribution in [1.82, 2.24) is 9.80 Å². The number of hydrogen-bond acceptors (Lipinski definition) is 9. The first-order valence-corrected chi connectivity index (χ1v) is 17.1. The summed E-state index contributed by atoms with van der Waals surface area (Å²) in [6.07, 6.45) is 11.6. The van der Waals surface area contributed by atoms with Gasteiger partial charge in [0.25, 0.3) is 0 Å². The van der Waals surface area contributed by atoms with Gasteiger partial charge in [0.05, 0.1) is 22.1 Å². The number of aliphatic hydroxyl groups is 1. The van der Waals surface area contributed by atoms with Gasteiger partial charge < -0.3 is 24.8 Å². The molecule has 3 N–H and O–H groups in total. The number of hydrogen-bond donors (Lipinski definition) is 3. The number of phenolic OH excluding ortho intramolecular Hbond substituents is 2. The van der Waals surface area contributed by atoms with Crippen LogP contribution in [0.15, 0.2) is 71.9 Å². The highest BCUT2D eigenvalue weighted by molar-refractivity contribution is 6.03. The number of nitrogens with zero attached hydrogens (tertiary/aromatic N) is 4. The fraction of sp³-hybridized carbons (Fsp3) is 0.474. The number of ether oxygens (including phenoxy) is 2. The zero-order valence-corrected chi connectivity index (χ0v) is 26.4. The molecule has 4 bridgehead atoms. The highest BCUT2D eigenvalue weighted by atomic mass is 16.5. The minimum Gasteiger partial charge on any atom is -0.504 e. The van der Waals surface area contributed by atoms with Gasteiger partial charge in [0.1, 0.15) is 5.71 Å². The number of aromatic hydroxyl groups is 2. The van der Waals surface area contributed by atoms with E-state index in [9.17, 15) is 15.3 Å². The first-order valence-electron chi connectivity index (χ1n) is 17.1. The van der Waals surface area contributed by atoms with E-state index in [0.717, 1.165) is 60.6 Å². The third-order valence-electron chi connectivity index (χ3n) is 13.3. The van der Waals surface area contributed by atoms with Gasteiger partial charge in [-0.15, -0.1) is 13.2 Å². The van der Waals surface area contributed by atoms with Crippen LogP contribution in [0, 0.1) is 5.92 Å². The van der Waals surface area contributed by atoms with Crippen molar-refractivity contribution in [3.05, 3.63) is 84.0 Å². The molecule has 4 aliphatic heterocycles. The lowest BCUT2D eigenvalue weighted by atomic mass is 9.49. The molecule has 0 amide bonds. The molecule has 4 heterocycles. The molecule has 0 radical (unpaired) electrons. The summed E-state index contributed by atoms with van der Waals surface area (Å²) in [4.78, 5) is 4.88. The second-order valence-corrected chi connectivity index (χ2v) is 14.9. The minimum atomic E-state index is -1.03. The molecule has 47 heavy (non-hydrogen) atoms. The van der Waals surface area contributed by atoms with E-state index in [1.165, 1.54) is 5.56 Å². The number of likely N-dealkylation sites (tertiary alicyclic amines) is 2. The summed E-state index contributed by atoms with van der Waals surface area (Å²) in [6.45, 7) is 11.3.